The van der Waals surface area contributed by atoms with E-state index < -0.39 is 6.04 Å². The van der Waals surface area contributed by atoms with Crippen molar-refractivity contribution in [2.45, 2.75) is 46.6 Å². The first-order valence-electron chi connectivity index (χ1n) is 11.1. The van der Waals surface area contributed by atoms with Gasteiger partial charge in [-0.15, -0.1) is 10.2 Å². The van der Waals surface area contributed by atoms with Crippen molar-refractivity contribution in [3.8, 4) is 16.3 Å². The molecule has 0 fully saturated rings. The molecule has 0 bridgehead atoms. The van der Waals surface area contributed by atoms with Crippen LogP contribution in [0.1, 0.15) is 49.5 Å². The van der Waals surface area contributed by atoms with E-state index in [-0.39, 0.29) is 17.7 Å². The number of hydrogen-bond acceptors (Lipinski definition) is 6. The largest absolute Gasteiger partial charge is 0.494 e. The number of nitrogens with zero attached hydrogens (tertiary/aromatic N) is 2. The third kappa shape index (κ3) is 6.86. The quantitative estimate of drug-likeness (QED) is 0.406. The Hall–Kier alpha value is -3.26. The van der Waals surface area contributed by atoms with Crippen molar-refractivity contribution in [2.24, 2.45) is 5.92 Å². The summed E-state index contributed by atoms with van der Waals surface area (Å²) in [6.45, 7) is 8.53. The summed E-state index contributed by atoms with van der Waals surface area (Å²) in [4.78, 5) is 25.7. The predicted molar refractivity (Wildman–Crippen MR) is 132 cm³/mol. The highest BCUT2D eigenvalue weighted by Gasteiger charge is 2.26. The molecule has 0 aliphatic heterocycles. The van der Waals surface area contributed by atoms with Crippen LogP contribution < -0.4 is 15.4 Å². The summed E-state index contributed by atoms with van der Waals surface area (Å²) >= 11 is 1.29. The van der Waals surface area contributed by atoms with Gasteiger partial charge in [-0.1, -0.05) is 68.4 Å². The summed E-state index contributed by atoms with van der Waals surface area (Å²) in [5.74, 6) is -0.0417. The molecule has 2 aromatic carbocycles. The van der Waals surface area contributed by atoms with E-state index in [4.69, 9.17) is 4.74 Å². The Labute approximate surface area is 198 Å². The van der Waals surface area contributed by atoms with Gasteiger partial charge in [-0.2, -0.15) is 0 Å². The minimum absolute atomic E-state index is 0.116. The number of anilines is 1. The number of ether oxygens (including phenoxy) is 1. The molecule has 1 unspecified atom stereocenters. The third-order valence-electron chi connectivity index (χ3n) is 5.07. The minimum atomic E-state index is -0.718. The first-order valence-corrected chi connectivity index (χ1v) is 11.9. The van der Waals surface area contributed by atoms with E-state index in [1.807, 2.05) is 45.0 Å². The number of benzene rings is 2. The summed E-state index contributed by atoms with van der Waals surface area (Å²) in [7, 11) is 0. The van der Waals surface area contributed by atoms with Crippen LogP contribution in [0.2, 0.25) is 0 Å². The highest BCUT2D eigenvalue weighted by Crippen LogP contribution is 2.26. The molecule has 1 heterocycles. The normalized spacial score (nSPS) is 11.8. The molecule has 174 valence electrons. The number of aromatic nitrogens is 2. The zero-order chi connectivity index (χ0) is 23.8. The van der Waals surface area contributed by atoms with E-state index in [1.54, 1.807) is 24.3 Å². The minimum Gasteiger partial charge on any atom is -0.494 e. The molecule has 2 N–H and O–H groups in total. The zero-order valence-corrected chi connectivity index (χ0v) is 20.2. The fraction of sp³-hybridized carbons (Fsp3) is 0.360. The fourth-order valence-electron chi connectivity index (χ4n) is 3.07. The fourth-order valence-corrected chi connectivity index (χ4v) is 3.82. The van der Waals surface area contributed by atoms with Crippen molar-refractivity contribution in [1.29, 1.82) is 0 Å². The zero-order valence-electron chi connectivity index (χ0n) is 19.4. The summed E-state index contributed by atoms with van der Waals surface area (Å²) in [6, 6.07) is 14.2. The van der Waals surface area contributed by atoms with Gasteiger partial charge in [-0.25, -0.2) is 0 Å². The lowest BCUT2D eigenvalue weighted by Gasteiger charge is -2.21. The van der Waals surface area contributed by atoms with E-state index in [1.165, 1.54) is 11.3 Å². The van der Waals surface area contributed by atoms with Crippen molar-refractivity contribution in [1.82, 2.24) is 15.5 Å². The molecular formula is C25H30N4O3S. The van der Waals surface area contributed by atoms with Gasteiger partial charge < -0.3 is 10.1 Å². The van der Waals surface area contributed by atoms with Crippen LogP contribution in [0.4, 0.5) is 5.13 Å². The molecule has 3 rings (SSSR count). The van der Waals surface area contributed by atoms with Crippen molar-refractivity contribution in [3.63, 3.8) is 0 Å². The third-order valence-corrected chi connectivity index (χ3v) is 5.96. The molecule has 0 aliphatic rings. The molecule has 33 heavy (non-hydrogen) atoms. The maximum Gasteiger partial charge on any atom is 0.251 e. The number of nitrogens with one attached hydrogen (secondary N) is 2. The van der Waals surface area contributed by atoms with Crippen LogP contribution in [0.15, 0.2) is 48.5 Å². The number of hydrogen-bond donors (Lipinski definition) is 2. The summed E-state index contributed by atoms with van der Waals surface area (Å²) in [5, 5.41) is 15.0. The van der Waals surface area contributed by atoms with Crippen molar-refractivity contribution in [3.05, 3.63) is 59.7 Å². The number of aryl methyl sites for hydroxylation is 1. The summed E-state index contributed by atoms with van der Waals surface area (Å²) in [5.41, 5.74) is 2.56. The highest BCUT2D eigenvalue weighted by molar-refractivity contribution is 7.18. The molecule has 0 saturated carbocycles. The van der Waals surface area contributed by atoms with Crippen molar-refractivity contribution >= 4 is 28.3 Å². The topological polar surface area (TPSA) is 93.2 Å². The highest BCUT2D eigenvalue weighted by atomic mass is 32.1. The second-order valence-electron chi connectivity index (χ2n) is 8.19. The predicted octanol–water partition coefficient (Wildman–Crippen LogP) is 5.09. The van der Waals surface area contributed by atoms with Gasteiger partial charge in [0.05, 0.1) is 6.61 Å². The van der Waals surface area contributed by atoms with Crippen LogP contribution in [0.25, 0.3) is 10.6 Å². The van der Waals surface area contributed by atoms with Crippen LogP contribution in [-0.2, 0) is 4.79 Å². The molecular weight excluding hydrogens is 436 g/mol. The molecule has 0 spiro atoms. The first kappa shape index (κ1) is 24.4. The lowest BCUT2D eigenvalue weighted by atomic mass is 10.0. The Morgan fingerprint density at radius 3 is 2.36 bits per heavy atom. The summed E-state index contributed by atoms with van der Waals surface area (Å²) in [6.07, 6.45) is 2.04. The van der Waals surface area contributed by atoms with Gasteiger partial charge >= 0.3 is 0 Å². The number of unbranched alkanes of at least 4 members (excludes halogenated alkanes) is 1. The maximum atomic E-state index is 12.9. The lowest BCUT2D eigenvalue weighted by molar-refractivity contribution is -0.118. The molecule has 0 saturated heterocycles. The van der Waals surface area contributed by atoms with Gasteiger partial charge in [-0.3, -0.25) is 14.9 Å². The maximum absolute atomic E-state index is 12.9. The van der Waals surface area contributed by atoms with Crippen LogP contribution in [0, 0.1) is 12.8 Å². The van der Waals surface area contributed by atoms with E-state index >= 15 is 0 Å². The molecule has 7 nitrogen and oxygen atoms in total. The molecule has 0 radical (unpaired) electrons. The Morgan fingerprint density at radius 2 is 1.73 bits per heavy atom. The lowest BCUT2D eigenvalue weighted by Crippen LogP contribution is -2.47. The van der Waals surface area contributed by atoms with Crippen molar-refractivity contribution in [2.75, 3.05) is 11.9 Å². The smallest absolute Gasteiger partial charge is 0.251 e. The monoisotopic (exact) mass is 466 g/mol. The van der Waals surface area contributed by atoms with Crippen LogP contribution in [-0.4, -0.2) is 34.7 Å². The van der Waals surface area contributed by atoms with Crippen molar-refractivity contribution < 1.29 is 14.3 Å². The number of rotatable bonds is 10. The molecule has 2 amide bonds. The molecule has 3 aromatic rings. The second kappa shape index (κ2) is 11.6. The van der Waals surface area contributed by atoms with E-state index in [2.05, 4.69) is 27.8 Å². The molecule has 0 aliphatic carbocycles. The average molecular weight is 467 g/mol. The van der Waals surface area contributed by atoms with Crippen LogP contribution in [0.3, 0.4) is 0 Å². The number of carbonyl (C=O) groups excluding carboxylic acids is 2. The Balaban J connectivity index is 1.62. The SMILES string of the molecule is CCCCOc1ccc(C(=O)NC(C(=O)Nc2nnc(-c3ccc(C)cc3)s2)C(C)C)cc1. The first-order chi connectivity index (χ1) is 15.9. The Bertz CT molecular complexity index is 1060. The van der Waals surface area contributed by atoms with Gasteiger partial charge in [0, 0.05) is 11.1 Å². The molecule has 8 heteroatoms. The van der Waals surface area contributed by atoms with Crippen LogP contribution >= 0.6 is 11.3 Å². The van der Waals surface area contributed by atoms with Gasteiger partial charge in [0.2, 0.25) is 11.0 Å². The van der Waals surface area contributed by atoms with E-state index in [0.717, 1.165) is 34.7 Å². The standard InChI is InChI=1S/C25H30N4O3S/c1-5-6-15-32-20-13-11-18(12-14-20)22(30)26-21(16(2)3)23(31)27-25-29-28-24(33-25)19-9-7-17(4)8-10-19/h7-14,16,21H,5-6,15H2,1-4H3,(H,26,30)(H,27,29,31). The van der Waals surface area contributed by atoms with Crippen LogP contribution in [0.5, 0.6) is 5.75 Å². The van der Waals surface area contributed by atoms with Gasteiger partial charge in [0.15, 0.2) is 0 Å². The second-order valence-corrected chi connectivity index (χ2v) is 9.17. The van der Waals surface area contributed by atoms with E-state index in [9.17, 15) is 9.59 Å². The Kier molecular flexibility index (Phi) is 8.54. The number of amides is 2. The van der Waals surface area contributed by atoms with E-state index in [0.29, 0.717) is 17.3 Å². The molecule has 1 aromatic heterocycles. The summed E-state index contributed by atoms with van der Waals surface area (Å²) < 4.78 is 5.64. The van der Waals surface area contributed by atoms with Gasteiger partial charge in [0.1, 0.15) is 16.8 Å². The molecule has 1 atom stereocenters. The van der Waals surface area contributed by atoms with Gasteiger partial charge in [-0.05, 0) is 43.5 Å². The average Bonchev–Trinajstić information content (AvgIpc) is 3.26. The van der Waals surface area contributed by atoms with Gasteiger partial charge in [0.25, 0.3) is 5.91 Å². The number of carbonyl (C=O) groups is 2. The Morgan fingerprint density at radius 1 is 1.03 bits per heavy atom.